The second kappa shape index (κ2) is 6.80. The molecule has 0 heterocycles. The van der Waals surface area contributed by atoms with Crippen molar-refractivity contribution in [3.8, 4) is 0 Å². The van der Waals surface area contributed by atoms with E-state index in [1.807, 2.05) is 0 Å². The van der Waals surface area contributed by atoms with E-state index < -0.39 is 16.6 Å². The second-order valence-corrected chi connectivity index (χ2v) is 19.6. The lowest BCUT2D eigenvalue weighted by molar-refractivity contribution is 0.412. The first-order valence-corrected chi connectivity index (χ1v) is 17.1. The smallest absolute Gasteiger partial charge is 0.173 e. The zero-order valence-electron chi connectivity index (χ0n) is 16.8. The first-order valence-electron chi connectivity index (χ1n) is 10.9. The standard InChI is InChI=1S/C22H38OSi2/c1-24(2,11-9-21-15-17-5-7-19(21)13-17)23-25(3,4)12-10-22-16-18-6-8-20(22)14-18/h5-8,17-22H,9-16H2,1-4H3/t17-,18-,19-,20-,21-,22+/m0/s1. The Labute approximate surface area is 157 Å². The van der Waals surface area contributed by atoms with E-state index in [1.54, 1.807) is 0 Å². The van der Waals surface area contributed by atoms with Crippen LogP contribution in [0.15, 0.2) is 24.3 Å². The number of hydrogen-bond acceptors (Lipinski definition) is 1. The summed E-state index contributed by atoms with van der Waals surface area (Å²) in [7, 11) is -3.01. The highest BCUT2D eigenvalue weighted by Gasteiger charge is 2.40. The monoisotopic (exact) mass is 374 g/mol. The maximum Gasteiger partial charge on any atom is 0.173 e. The molecule has 4 aliphatic carbocycles. The van der Waals surface area contributed by atoms with Crippen molar-refractivity contribution in [3.05, 3.63) is 24.3 Å². The topological polar surface area (TPSA) is 9.23 Å². The van der Waals surface area contributed by atoms with Gasteiger partial charge in [0.25, 0.3) is 0 Å². The predicted octanol–water partition coefficient (Wildman–Crippen LogP) is 6.62. The van der Waals surface area contributed by atoms with E-state index >= 15 is 0 Å². The van der Waals surface area contributed by atoms with E-state index in [0.29, 0.717) is 0 Å². The average Bonchev–Trinajstić information content (AvgIpc) is 3.30. The zero-order valence-corrected chi connectivity index (χ0v) is 18.8. The van der Waals surface area contributed by atoms with Gasteiger partial charge in [-0.3, -0.25) is 0 Å². The fraction of sp³-hybridized carbons (Fsp3) is 0.818. The lowest BCUT2D eigenvalue weighted by Crippen LogP contribution is -2.44. The summed E-state index contributed by atoms with van der Waals surface area (Å²) in [5, 5.41) is 0. The lowest BCUT2D eigenvalue weighted by atomic mass is 9.91. The van der Waals surface area contributed by atoms with E-state index in [1.165, 1.54) is 50.6 Å². The van der Waals surface area contributed by atoms with Crippen LogP contribution in [0.3, 0.4) is 0 Å². The van der Waals surface area contributed by atoms with Gasteiger partial charge in [-0.05, 0) is 99.5 Å². The molecule has 2 fully saturated rings. The molecule has 0 aliphatic heterocycles. The molecule has 25 heavy (non-hydrogen) atoms. The van der Waals surface area contributed by atoms with Crippen LogP contribution in [-0.4, -0.2) is 16.6 Å². The van der Waals surface area contributed by atoms with Gasteiger partial charge in [-0.25, -0.2) is 0 Å². The van der Waals surface area contributed by atoms with Gasteiger partial charge in [0.1, 0.15) is 0 Å². The molecule has 0 spiro atoms. The van der Waals surface area contributed by atoms with Crippen LogP contribution in [0.5, 0.6) is 0 Å². The quantitative estimate of drug-likeness (QED) is 0.343. The number of hydrogen-bond donors (Lipinski definition) is 0. The summed E-state index contributed by atoms with van der Waals surface area (Å²) in [6.45, 7) is 9.96. The van der Waals surface area contributed by atoms with Crippen molar-refractivity contribution in [2.45, 2.75) is 76.8 Å². The summed E-state index contributed by atoms with van der Waals surface area (Å²) in [5.41, 5.74) is 0. The summed E-state index contributed by atoms with van der Waals surface area (Å²) < 4.78 is 6.95. The van der Waals surface area contributed by atoms with E-state index in [-0.39, 0.29) is 0 Å². The van der Waals surface area contributed by atoms with Gasteiger partial charge in [0.15, 0.2) is 16.6 Å². The van der Waals surface area contributed by atoms with Crippen LogP contribution >= 0.6 is 0 Å². The Morgan fingerprint density at radius 2 is 1.12 bits per heavy atom. The molecule has 0 unspecified atom stereocenters. The van der Waals surface area contributed by atoms with Crippen LogP contribution in [-0.2, 0) is 4.12 Å². The molecule has 0 radical (unpaired) electrons. The van der Waals surface area contributed by atoms with Crippen molar-refractivity contribution >= 4 is 16.6 Å². The molecule has 0 saturated heterocycles. The largest absolute Gasteiger partial charge is 0.455 e. The van der Waals surface area contributed by atoms with Gasteiger partial charge in [-0.2, -0.15) is 0 Å². The van der Waals surface area contributed by atoms with Crippen molar-refractivity contribution in [2.24, 2.45) is 35.5 Å². The van der Waals surface area contributed by atoms with Crippen molar-refractivity contribution in [1.29, 1.82) is 0 Å². The van der Waals surface area contributed by atoms with E-state index in [0.717, 1.165) is 35.5 Å². The fourth-order valence-electron chi connectivity index (χ4n) is 6.37. The van der Waals surface area contributed by atoms with Gasteiger partial charge in [0, 0.05) is 0 Å². The normalized spacial score (nSPS) is 39.0. The van der Waals surface area contributed by atoms with Gasteiger partial charge in [-0.1, -0.05) is 37.1 Å². The Morgan fingerprint density at radius 3 is 1.44 bits per heavy atom. The molecule has 3 heteroatoms. The summed E-state index contributed by atoms with van der Waals surface area (Å²) in [4.78, 5) is 0. The Kier molecular flexibility index (Phi) is 4.96. The molecule has 0 amide bonds. The summed E-state index contributed by atoms with van der Waals surface area (Å²) in [6.07, 6.45) is 18.6. The van der Waals surface area contributed by atoms with Crippen molar-refractivity contribution in [2.75, 3.05) is 0 Å². The van der Waals surface area contributed by atoms with Crippen LogP contribution in [0.25, 0.3) is 0 Å². The highest BCUT2D eigenvalue weighted by molar-refractivity contribution is 6.84. The van der Waals surface area contributed by atoms with Gasteiger partial charge in [0.2, 0.25) is 0 Å². The van der Waals surface area contributed by atoms with Crippen LogP contribution < -0.4 is 0 Å². The summed E-state index contributed by atoms with van der Waals surface area (Å²) in [6, 6.07) is 2.75. The Morgan fingerprint density at radius 1 is 0.680 bits per heavy atom. The molecule has 4 bridgehead atoms. The number of rotatable bonds is 8. The van der Waals surface area contributed by atoms with Gasteiger partial charge >= 0.3 is 0 Å². The third-order valence-electron chi connectivity index (χ3n) is 7.62. The minimum atomic E-state index is -1.50. The van der Waals surface area contributed by atoms with Gasteiger partial charge in [0.05, 0.1) is 0 Å². The molecule has 0 aromatic rings. The molecule has 4 rings (SSSR count). The maximum atomic E-state index is 6.95. The van der Waals surface area contributed by atoms with Crippen LogP contribution in [0.1, 0.15) is 38.5 Å². The molecule has 6 atom stereocenters. The predicted molar refractivity (Wildman–Crippen MR) is 113 cm³/mol. The molecule has 1 nitrogen and oxygen atoms in total. The van der Waals surface area contributed by atoms with Crippen molar-refractivity contribution in [1.82, 2.24) is 0 Å². The van der Waals surface area contributed by atoms with Crippen LogP contribution in [0.4, 0.5) is 0 Å². The third kappa shape index (κ3) is 4.24. The highest BCUT2D eigenvalue weighted by atomic mass is 28.4. The molecular weight excluding hydrogens is 336 g/mol. The molecular formula is C22H38OSi2. The molecule has 0 aromatic heterocycles. The highest BCUT2D eigenvalue weighted by Crippen LogP contribution is 2.47. The van der Waals surface area contributed by atoms with Crippen molar-refractivity contribution < 1.29 is 4.12 Å². The van der Waals surface area contributed by atoms with Crippen molar-refractivity contribution in [3.63, 3.8) is 0 Å². The Bertz CT molecular complexity index is 502. The minimum absolute atomic E-state index is 0.908. The lowest BCUT2D eigenvalue weighted by Gasteiger charge is -2.36. The molecule has 2 saturated carbocycles. The Hall–Kier alpha value is -0.126. The van der Waals surface area contributed by atoms with Crippen LogP contribution in [0.2, 0.25) is 38.3 Å². The first-order chi connectivity index (χ1) is 11.8. The zero-order chi connectivity index (χ0) is 17.7. The molecule has 0 N–H and O–H groups in total. The SMILES string of the molecule is C[Si](C)(CC[C@@H]1C[C@H]2C=C[C@H]1C2)O[Si](C)(C)CC[C@H]1C[C@H]2C=C[C@H]1C2. The summed E-state index contributed by atoms with van der Waals surface area (Å²) >= 11 is 0. The first kappa shape index (κ1) is 18.2. The van der Waals surface area contributed by atoms with E-state index in [2.05, 4.69) is 50.5 Å². The summed E-state index contributed by atoms with van der Waals surface area (Å²) in [5.74, 6) is 5.59. The minimum Gasteiger partial charge on any atom is -0.455 e. The van der Waals surface area contributed by atoms with Crippen LogP contribution in [0, 0.1) is 35.5 Å². The molecule has 0 aromatic carbocycles. The fourth-order valence-corrected chi connectivity index (χ4v) is 15.3. The Balaban J connectivity index is 1.23. The van der Waals surface area contributed by atoms with E-state index in [9.17, 15) is 0 Å². The number of allylic oxidation sites excluding steroid dienone is 4. The second-order valence-electron chi connectivity index (χ2n) is 10.8. The molecule has 140 valence electrons. The number of fused-ring (bicyclic) bond motifs is 4. The maximum absolute atomic E-state index is 6.95. The van der Waals surface area contributed by atoms with E-state index in [4.69, 9.17) is 4.12 Å². The average molecular weight is 375 g/mol. The van der Waals surface area contributed by atoms with Gasteiger partial charge in [-0.15, -0.1) is 0 Å². The van der Waals surface area contributed by atoms with Gasteiger partial charge < -0.3 is 4.12 Å². The molecule has 4 aliphatic rings. The third-order valence-corrected chi connectivity index (χ3v) is 15.0.